The standard InChI is InChI=1S/C22H24N4OS/c1-16-4-7-18(8-5-16)22-25-19(15-28-22)12-21(27)24-14-17-6-9-20(23-13-17)26-10-2-3-11-26/h4-9,13,15H,2-3,10-12,14H2,1H3,(H,24,27). The van der Waals surface area contributed by atoms with Crippen molar-refractivity contribution in [1.82, 2.24) is 15.3 Å². The van der Waals surface area contributed by atoms with Gasteiger partial charge in [0.2, 0.25) is 5.91 Å². The molecule has 0 bridgehead atoms. The van der Waals surface area contributed by atoms with E-state index in [9.17, 15) is 4.79 Å². The lowest BCUT2D eigenvalue weighted by atomic mass is 10.2. The fourth-order valence-electron chi connectivity index (χ4n) is 3.30. The summed E-state index contributed by atoms with van der Waals surface area (Å²) < 4.78 is 0. The van der Waals surface area contributed by atoms with Crippen LogP contribution in [-0.2, 0) is 17.8 Å². The van der Waals surface area contributed by atoms with Crippen molar-refractivity contribution in [1.29, 1.82) is 0 Å². The number of pyridine rings is 1. The molecule has 28 heavy (non-hydrogen) atoms. The highest BCUT2D eigenvalue weighted by molar-refractivity contribution is 7.13. The molecular weight excluding hydrogens is 368 g/mol. The number of carbonyl (C=O) groups excluding carboxylic acids is 1. The number of nitrogens with one attached hydrogen (secondary N) is 1. The number of thiazole rings is 1. The lowest BCUT2D eigenvalue weighted by Crippen LogP contribution is -2.25. The molecule has 0 spiro atoms. The maximum Gasteiger partial charge on any atom is 0.226 e. The molecule has 0 radical (unpaired) electrons. The van der Waals surface area contributed by atoms with Gasteiger partial charge < -0.3 is 10.2 Å². The van der Waals surface area contributed by atoms with Crippen molar-refractivity contribution in [2.75, 3.05) is 18.0 Å². The topological polar surface area (TPSA) is 58.1 Å². The Kier molecular flexibility index (Phi) is 5.67. The fourth-order valence-corrected chi connectivity index (χ4v) is 4.12. The van der Waals surface area contributed by atoms with Gasteiger partial charge in [0.25, 0.3) is 0 Å². The Morgan fingerprint density at radius 2 is 1.93 bits per heavy atom. The Morgan fingerprint density at radius 1 is 1.14 bits per heavy atom. The van der Waals surface area contributed by atoms with E-state index in [1.807, 2.05) is 23.7 Å². The maximum atomic E-state index is 12.3. The molecule has 1 fully saturated rings. The second kappa shape index (κ2) is 8.52. The molecule has 0 unspecified atom stereocenters. The third kappa shape index (κ3) is 4.57. The van der Waals surface area contributed by atoms with E-state index in [1.165, 1.54) is 18.4 Å². The lowest BCUT2D eigenvalue weighted by molar-refractivity contribution is -0.120. The van der Waals surface area contributed by atoms with Crippen molar-refractivity contribution in [3.63, 3.8) is 0 Å². The lowest BCUT2D eigenvalue weighted by Gasteiger charge is -2.16. The largest absolute Gasteiger partial charge is 0.357 e. The number of anilines is 1. The minimum atomic E-state index is -0.0237. The fraction of sp³-hybridized carbons (Fsp3) is 0.318. The zero-order valence-corrected chi connectivity index (χ0v) is 16.8. The molecule has 1 aromatic carbocycles. The molecule has 0 aliphatic carbocycles. The van der Waals surface area contributed by atoms with Crippen molar-refractivity contribution >= 4 is 23.1 Å². The molecule has 0 atom stereocenters. The summed E-state index contributed by atoms with van der Waals surface area (Å²) in [5.41, 5.74) is 4.13. The number of hydrogen-bond acceptors (Lipinski definition) is 5. The number of nitrogens with zero attached hydrogens (tertiary/aromatic N) is 3. The summed E-state index contributed by atoms with van der Waals surface area (Å²) in [6.45, 7) is 4.72. The number of aryl methyl sites for hydroxylation is 1. The molecule has 1 N–H and O–H groups in total. The van der Waals surface area contributed by atoms with E-state index >= 15 is 0 Å². The van der Waals surface area contributed by atoms with Crippen molar-refractivity contribution < 1.29 is 4.79 Å². The summed E-state index contributed by atoms with van der Waals surface area (Å²) in [5.74, 6) is 1.00. The zero-order chi connectivity index (χ0) is 19.3. The maximum absolute atomic E-state index is 12.3. The quantitative estimate of drug-likeness (QED) is 0.690. The Bertz CT molecular complexity index is 928. The number of amides is 1. The van der Waals surface area contributed by atoms with Crippen LogP contribution < -0.4 is 10.2 Å². The van der Waals surface area contributed by atoms with Gasteiger partial charge in [0.1, 0.15) is 10.8 Å². The molecule has 2 aromatic heterocycles. The van der Waals surface area contributed by atoms with E-state index in [2.05, 4.69) is 51.4 Å². The monoisotopic (exact) mass is 392 g/mol. The summed E-state index contributed by atoms with van der Waals surface area (Å²) in [6, 6.07) is 12.4. The minimum Gasteiger partial charge on any atom is -0.357 e. The summed E-state index contributed by atoms with van der Waals surface area (Å²) in [6.07, 6.45) is 4.62. The van der Waals surface area contributed by atoms with Crippen molar-refractivity contribution in [2.24, 2.45) is 0 Å². The van der Waals surface area contributed by atoms with E-state index in [-0.39, 0.29) is 5.91 Å². The normalized spacial score (nSPS) is 13.7. The first-order valence-corrected chi connectivity index (χ1v) is 10.5. The summed E-state index contributed by atoms with van der Waals surface area (Å²) in [5, 5.41) is 5.87. The molecule has 1 aliphatic heterocycles. The van der Waals surface area contributed by atoms with Crippen LogP contribution in [0.2, 0.25) is 0 Å². The van der Waals surface area contributed by atoms with Gasteiger partial charge in [-0.3, -0.25) is 4.79 Å². The van der Waals surface area contributed by atoms with Crippen LogP contribution >= 0.6 is 11.3 Å². The van der Waals surface area contributed by atoms with Gasteiger partial charge in [-0.05, 0) is 31.4 Å². The van der Waals surface area contributed by atoms with Crippen molar-refractivity contribution in [3.8, 4) is 10.6 Å². The van der Waals surface area contributed by atoms with Gasteiger partial charge in [-0.25, -0.2) is 9.97 Å². The molecular formula is C22H24N4OS. The minimum absolute atomic E-state index is 0.0237. The first-order valence-electron chi connectivity index (χ1n) is 9.65. The summed E-state index contributed by atoms with van der Waals surface area (Å²) >= 11 is 1.57. The SMILES string of the molecule is Cc1ccc(-c2nc(CC(=O)NCc3ccc(N4CCCC4)nc3)cs2)cc1. The molecule has 1 aliphatic rings. The van der Waals surface area contributed by atoms with Crippen LogP contribution in [0.25, 0.3) is 10.6 Å². The van der Waals surface area contributed by atoms with Crippen molar-refractivity contribution in [2.45, 2.75) is 32.7 Å². The van der Waals surface area contributed by atoms with Crippen LogP contribution in [-0.4, -0.2) is 29.0 Å². The average molecular weight is 393 g/mol. The number of benzene rings is 1. The van der Waals surface area contributed by atoms with Gasteiger partial charge in [-0.15, -0.1) is 11.3 Å². The van der Waals surface area contributed by atoms with E-state index in [0.717, 1.165) is 40.7 Å². The van der Waals surface area contributed by atoms with Crippen LogP contribution in [0.4, 0.5) is 5.82 Å². The predicted molar refractivity (Wildman–Crippen MR) is 114 cm³/mol. The number of hydrogen-bond donors (Lipinski definition) is 1. The van der Waals surface area contributed by atoms with E-state index in [0.29, 0.717) is 13.0 Å². The van der Waals surface area contributed by atoms with Gasteiger partial charge in [0.05, 0.1) is 12.1 Å². The number of rotatable bonds is 6. The first kappa shape index (κ1) is 18.6. The average Bonchev–Trinajstić information content (AvgIpc) is 3.40. The molecule has 3 aromatic rings. The Hall–Kier alpha value is -2.73. The highest BCUT2D eigenvalue weighted by Crippen LogP contribution is 2.24. The Balaban J connectivity index is 1.29. The van der Waals surface area contributed by atoms with Crippen LogP contribution in [0, 0.1) is 6.92 Å². The van der Waals surface area contributed by atoms with Gasteiger partial charge >= 0.3 is 0 Å². The van der Waals surface area contributed by atoms with Crippen LogP contribution in [0.5, 0.6) is 0 Å². The van der Waals surface area contributed by atoms with Gasteiger partial charge in [-0.1, -0.05) is 35.9 Å². The van der Waals surface area contributed by atoms with Gasteiger partial charge in [0.15, 0.2) is 0 Å². The second-order valence-corrected chi connectivity index (χ2v) is 8.04. The van der Waals surface area contributed by atoms with Crippen LogP contribution in [0.3, 0.4) is 0 Å². The van der Waals surface area contributed by atoms with Crippen LogP contribution in [0.15, 0.2) is 48.0 Å². The molecule has 3 heterocycles. The Labute approximate surface area is 169 Å². The molecule has 1 amide bonds. The summed E-state index contributed by atoms with van der Waals surface area (Å²) in [4.78, 5) is 23.7. The zero-order valence-electron chi connectivity index (χ0n) is 16.0. The predicted octanol–water partition coefficient (Wildman–Crippen LogP) is 3.97. The van der Waals surface area contributed by atoms with E-state index < -0.39 is 0 Å². The molecule has 0 saturated carbocycles. The highest BCUT2D eigenvalue weighted by Gasteiger charge is 2.13. The number of carbonyl (C=O) groups is 1. The second-order valence-electron chi connectivity index (χ2n) is 7.18. The summed E-state index contributed by atoms with van der Waals surface area (Å²) in [7, 11) is 0. The molecule has 144 valence electrons. The molecule has 5 nitrogen and oxygen atoms in total. The molecule has 1 saturated heterocycles. The molecule has 6 heteroatoms. The smallest absolute Gasteiger partial charge is 0.226 e. The Morgan fingerprint density at radius 3 is 2.64 bits per heavy atom. The van der Waals surface area contributed by atoms with Crippen LogP contribution in [0.1, 0.15) is 29.7 Å². The number of aromatic nitrogens is 2. The molecule has 4 rings (SSSR count). The van der Waals surface area contributed by atoms with E-state index in [4.69, 9.17) is 0 Å². The van der Waals surface area contributed by atoms with Crippen molar-refractivity contribution in [3.05, 3.63) is 64.8 Å². The van der Waals surface area contributed by atoms with Gasteiger partial charge in [0, 0.05) is 36.8 Å². The first-order chi connectivity index (χ1) is 13.7. The third-order valence-electron chi connectivity index (χ3n) is 4.92. The van der Waals surface area contributed by atoms with E-state index in [1.54, 1.807) is 11.3 Å². The highest BCUT2D eigenvalue weighted by atomic mass is 32.1. The third-order valence-corrected chi connectivity index (χ3v) is 5.86. The van der Waals surface area contributed by atoms with Gasteiger partial charge in [-0.2, -0.15) is 0 Å².